The minimum Gasteiger partial charge on any atom is -0.496 e. The van der Waals surface area contributed by atoms with E-state index in [0.717, 1.165) is 58.4 Å². The van der Waals surface area contributed by atoms with Crippen LogP contribution < -0.4 is 10.1 Å². The zero-order valence-electron chi connectivity index (χ0n) is 19.0. The van der Waals surface area contributed by atoms with Crippen molar-refractivity contribution < 1.29 is 14.6 Å². The summed E-state index contributed by atoms with van der Waals surface area (Å²) in [6.07, 6.45) is 9.76. The zero-order chi connectivity index (χ0) is 22.2. The van der Waals surface area contributed by atoms with E-state index in [1.54, 1.807) is 13.2 Å². The number of nitrogens with one attached hydrogen (secondary N) is 1. The van der Waals surface area contributed by atoms with Crippen LogP contribution in [0.1, 0.15) is 56.1 Å². The Morgan fingerprint density at radius 2 is 1.72 bits per heavy atom. The predicted molar refractivity (Wildman–Crippen MR) is 128 cm³/mol. The van der Waals surface area contributed by atoms with E-state index >= 15 is 0 Å². The molecule has 6 atom stereocenters. The van der Waals surface area contributed by atoms with Crippen LogP contribution >= 0.6 is 0 Å². The van der Waals surface area contributed by atoms with E-state index < -0.39 is 5.97 Å². The molecule has 2 aromatic rings. The van der Waals surface area contributed by atoms with Crippen molar-refractivity contribution in [2.45, 2.75) is 44.9 Å². The molecule has 0 spiro atoms. The molecule has 4 nitrogen and oxygen atoms in total. The number of ether oxygens (including phenoxy) is 1. The van der Waals surface area contributed by atoms with Gasteiger partial charge in [0.25, 0.3) is 0 Å². The molecular weight excluding hydrogens is 398 g/mol. The van der Waals surface area contributed by atoms with Crippen molar-refractivity contribution in [2.24, 2.45) is 29.6 Å². The molecule has 0 saturated heterocycles. The Hall–Kier alpha value is -2.75. The van der Waals surface area contributed by atoms with E-state index in [1.165, 1.54) is 37.7 Å². The number of hydrogen-bond donors (Lipinski definition) is 2. The minimum atomic E-state index is -0.937. The van der Waals surface area contributed by atoms with Gasteiger partial charge in [0, 0.05) is 17.5 Å². The van der Waals surface area contributed by atoms with Crippen LogP contribution in [0.25, 0.3) is 6.08 Å². The first-order chi connectivity index (χ1) is 15.5. The molecule has 5 rings (SSSR count). The molecule has 3 aliphatic rings. The van der Waals surface area contributed by atoms with Gasteiger partial charge < -0.3 is 15.2 Å². The lowest BCUT2D eigenvalue weighted by atomic mass is 9.50. The molecule has 6 unspecified atom stereocenters. The van der Waals surface area contributed by atoms with Crippen LogP contribution in [0, 0.1) is 29.6 Å². The first kappa shape index (κ1) is 21.1. The Bertz CT molecular complexity index is 1000. The second-order valence-corrected chi connectivity index (χ2v) is 10.2. The average Bonchev–Trinajstić information content (AvgIpc) is 2.77. The molecule has 0 radical (unpaired) electrons. The third kappa shape index (κ3) is 4.15. The van der Waals surface area contributed by atoms with Crippen molar-refractivity contribution in [2.75, 3.05) is 12.4 Å². The number of carboxylic acid groups (broad SMARTS) is 1. The number of fused-ring (bicyclic) bond motifs is 2. The Morgan fingerprint density at radius 1 is 1.00 bits per heavy atom. The molecule has 168 valence electrons. The monoisotopic (exact) mass is 431 g/mol. The highest BCUT2D eigenvalue weighted by molar-refractivity contribution is 5.85. The lowest BCUT2D eigenvalue weighted by molar-refractivity contribution is -0.131. The minimum absolute atomic E-state index is 0.579. The standard InChI is InChI=1S/C28H33NO3/c1-17-11-19-12-20-14-21(13-19)28(17)25(15-20)24-16-23(8-9-26(24)32-2)29-22-6-3-18(4-7-22)5-10-27(30)31/h3-10,16-17,19-21,25,28-29H,11-15H2,1-2H3,(H,30,31)/b10-5+. The van der Waals surface area contributed by atoms with Crippen LogP contribution in [0.3, 0.4) is 0 Å². The first-order valence-corrected chi connectivity index (χ1v) is 12.0. The molecule has 2 aromatic carbocycles. The fourth-order valence-corrected chi connectivity index (χ4v) is 7.15. The average molecular weight is 432 g/mol. The normalized spacial score (nSPS) is 30.9. The lowest BCUT2D eigenvalue weighted by Crippen LogP contribution is -2.45. The fraction of sp³-hybridized carbons (Fsp3) is 0.464. The van der Waals surface area contributed by atoms with Gasteiger partial charge in [-0.25, -0.2) is 4.79 Å². The summed E-state index contributed by atoms with van der Waals surface area (Å²) >= 11 is 0. The van der Waals surface area contributed by atoms with Gasteiger partial charge in [-0.3, -0.25) is 0 Å². The lowest BCUT2D eigenvalue weighted by Gasteiger charge is -2.55. The first-order valence-electron chi connectivity index (χ1n) is 12.0. The summed E-state index contributed by atoms with van der Waals surface area (Å²) in [7, 11) is 1.79. The van der Waals surface area contributed by atoms with Gasteiger partial charge in [-0.05, 0) is 115 Å². The van der Waals surface area contributed by atoms with Gasteiger partial charge in [-0.1, -0.05) is 19.1 Å². The maximum Gasteiger partial charge on any atom is 0.328 e. The Kier molecular flexibility index (Phi) is 5.71. The van der Waals surface area contributed by atoms with Gasteiger partial charge in [0.2, 0.25) is 0 Å². The molecule has 0 aliphatic heterocycles. The summed E-state index contributed by atoms with van der Waals surface area (Å²) in [4.78, 5) is 10.7. The zero-order valence-corrected chi connectivity index (χ0v) is 19.0. The van der Waals surface area contributed by atoms with Crippen molar-refractivity contribution in [1.29, 1.82) is 0 Å². The molecule has 0 amide bonds. The Morgan fingerprint density at radius 3 is 2.44 bits per heavy atom. The van der Waals surface area contributed by atoms with Crippen LogP contribution in [-0.4, -0.2) is 18.2 Å². The highest BCUT2D eigenvalue weighted by Gasteiger charge is 2.49. The summed E-state index contributed by atoms with van der Waals surface area (Å²) < 4.78 is 5.85. The molecule has 3 aliphatic carbocycles. The van der Waals surface area contributed by atoms with Crippen molar-refractivity contribution in [3.05, 3.63) is 59.7 Å². The maximum atomic E-state index is 10.7. The van der Waals surface area contributed by atoms with Crippen LogP contribution in [0.5, 0.6) is 5.75 Å². The topological polar surface area (TPSA) is 58.6 Å². The third-order valence-electron chi connectivity index (χ3n) is 8.14. The van der Waals surface area contributed by atoms with E-state index in [-0.39, 0.29) is 0 Å². The SMILES string of the molecule is COc1ccc(Nc2ccc(/C=C/C(=O)O)cc2)cc1C1CC2CC3CC(C)C1C(C3)C2. The second-order valence-electron chi connectivity index (χ2n) is 10.2. The van der Waals surface area contributed by atoms with Gasteiger partial charge in [-0.15, -0.1) is 0 Å². The molecular formula is C28H33NO3. The molecule has 3 fully saturated rings. The molecule has 32 heavy (non-hydrogen) atoms. The van der Waals surface area contributed by atoms with Crippen molar-refractivity contribution >= 4 is 23.4 Å². The summed E-state index contributed by atoms with van der Waals surface area (Å²) in [6.45, 7) is 2.48. The second kappa shape index (κ2) is 8.65. The summed E-state index contributed by atoms with van der Waals surface area (Å²) in [5.74, 6) is 4.94. The number of anilines is 2. The van der Waals surface area contributed by atoms with Crippen molar-refractivity contribution in [3.63, 3.8) is 0 Å². The summed E-state index contributed by atoms with van der Waals surface area (Å²) in [6, 6.07) is 14.3. The van der Waals surface area contributed by atoms with Crippen LogP contribution in [0.4, 0.5) is 11.4 Å². The molecule has 4 heteroatoms. The molecule has 0 aromatic heterocycles. The quantitative estimate of drug-likeness (QED) is 0.499. The number of carboxylic acids is 1. The highest BCUT2D eigenvalue weighted by Crippen LogP contribution is 2.60. The molecule has 3 bridgehead atoms. The van der Waals surface area contributed by atoms with Gasteiger partial charge in [0.15, 0.2) is 0 Å². The van der Waals surface area contributed by atoms with Crippen LogP contribution in [-0.2, 0) is 4.79 Å². The number of methoxy groups -OCH3 is 1. The van der Waals surface area contributed by atoms with Crippen molar-refractivity contribution in [1.82, 2.24) is 0 Å². The third-order valence-corrected chi connectivity index (χ3v) is 8.14. The van der Waals surface area contributed by atoms with Gasteiger partial charge in [0.1, 0.15) is 5.75 Å². The van der Waals surface area contributed by atoms with E-state index in [1.807, 2.05) is 24.3 Å². The molecule has 3 saturated carbocycles. The predicted octanol–water partition coefficient (Wildman–Crippen LogP) is 6.71. The number of benzene rings is 2. The number of rotatable bonds is 6. The largest absolute Gasteiger partial charge is 0.496 e. The number of hydrogen-bond acceptors (Lipinski definition) is 3. The van der Waals surface area contributed by atoms with Gasteiger partial charge in [-0.2, -0.15) is 0 Å². The Balaban J connectivity index is 1.40. The maximum absolute atomic E-state index is 10.7. The van der Waals surface area contributed by atoms with E-state index in [4.69, 9.17) is 9.84 Å². The molecule has 0 heterocycles. The summed E-state index contributed by atoms with van der Waals surface area (Å²) in [5.41, 5.74) is 4.30. The van der Waals surface area contributed by atoms with E-state index in [0.29, 0.717) is 5.92 Å². The number of aliphatic carboxylic acids is 1. The van der Waals surface area contributed by atoms with Crippen LogP contribution in [0.2, 0.25) is 0 Å². The molecule has 2 N–H and O–H groups in total. The van der Waals surface area contributed by atoms with Crippen molar-refractivity contribution in [3.8, 4) is 5.75 Å². The van der Waals surface area contributed by atoms with E-state index in [2.05, 4.69) is 30.4 Å². The Labute approximate surface area is 190 Å². The van der Waals surface area contributed by atoms with Crippen LogP contribution in [0.15, 0.2) is 48.5 Å². The van der Waals surface area contributed by atoms with Gasteiger partial charge in [0.05, 0.1) is 7.11 Å². The highest BCUT2D eigenvalue weighted by atomic mass is 16.5. The van der Waals surface area contributed by atoms with Gasteiger partial charge >= 0.3 is 5.97 Å². The fourth-order valence-electron chi connectivity index (χ4n) is 7.15. The number of carbonyl (C=O) groups is 1. The van der Waals surface area contributed by atoms with E-state index in [9.17, 15) is 4.79 Å². The smallest absolute Gasteiger partial charge is 0.328 e. The summed E-state index contributed by atoms with van der Waals surface area (Å²) in [5, 5.41) is 12.3.